The Morgan fingerprint density at radius 2 is 1.94 bits per heavy atom. The molecule has 0 bridgehead atoms. The fourth-order valence-electron chi connectivity index (χ4n) is 2.11. The van der Waals surface area contributed by atoms with Crippen LogP contribution in [0.15, 0.2) is 18.2 Å². The third kappa shape index (κ3) is 3.33. The van der Waals surface area contributed by atoms with Crippen molar-refractivity contribution >= 4 is 0 Å². The van der Waals surface area contributed by atoms with Crippen LogP contribution in [0.4, 0.5) is 0 Å². The topological polar surface area (TPSA) is 38.0 Å². The molecule has 0 atom stereocenters. The summed E-state index contributed by atoms with van der Waals surface area (Å²) in [7, 11) is 0. The Kier molecular flexibility index (Phi) is 3.52. The standard InChI is InChI=1S/C16H26N2/c1-12-5-6-14(15(2,3)4)9-13(12)10-18-11-16(17)7-8-16/h5-6,9,18H,7-8,10-11,17H2,1-4H3. The Hall–Kier alpha value is -0.860. The van der Waals surface area contributed by atoms with E-state index >= 15 is 0 Å². The van der Waals surface area contributed by atoms with E-state index in [0.717, 1.165) is 13.1 Å². The number of hydrogen-bond donors (Lipinski definition) is 2. The largest absolute Gasteiger partial charge is 0.324 e. The monoisotopic (exact) mass is 246 g/mol. The third-order valence-electron chi connectivity index (χ3n) is 3.90. The van der Waals surface area contributed by atoms with Crippen molar-refractivity contribution in [3.8, 4) is 0 Å². The maximum atomic E-state index is 6.09. The molecule has 1 aromatic rings. The van der Waals surface area contributed by atoms with Crippen molar-refractivity contribution in [2.45, 2.75) is 58.0 Å². The molecule has 0 heterocycles. The zero-order valence-corrected chi connectivity index (χ0v) is 12.1. The zero-order chi connectivity index (χ0) is 13.4. The maximum Gasteiger partial charge on any atom is 0.0282 e. The Morgan fingerprint density at radius 1 is 1.28 bits per heavy atom. The molecule has 18 heavy (non-hydrogen) atoms. The van der Waals surface area contributed by atoms with Crippen molar-refractivity contribution in [1.82, 2.24) is 5.32 Å². The highest BCUT2D eigenvalue weighted by molar-refractivity contribution is 5.34. The van der Waals surface area contributed by atoms with Crippen LogP contribution in [0.1, 0.15) is 50.3 Å². The smallest absolute Gasteiger partial charge is 0.0282 e. The van der Waals surface area contributed by atoms with Crippen LogP contribution in [0.25, 0.3) is 0 Å². The lowest BCUT2D eigenvalue weighted by atomic mass is 9.85. The predicted octanol–water partition coefficient (Wildman–Crippen LogP) is 2.87. The van der Waals surface area contributed by atoms with Gasteiger partial charge in [0.2, 0.25) is 0 Å². The van der Waals surface area contributed by atoms with Gasteiger partial charge in [-0.1, -0.05) is 39.0 Å². The summed E-state index contributed by atoms with van der Waals surface area (Å²) in [6, 6.07) is 6.80. The minimum atomic E-state index is 0.0928. The first-order valence-corrected chi connectivity index (χ1v) is 6.90. The van der Waals surface area contributed by atoms with Gasteiger partial charge in [0, 0.05) is 18.6 Å². The Labute approximate surface area is 111 Å². The summed E-state index contributed by atoms with van der Waals surface area (Å²) in [5, 5.41) is 3.50. The molecule has 100 valence electrons. The van der Waals surface area contributed by atoms with Gasteiger partial charge in [0.15, 0.2) is 0 Å². The van der Waals surface area contributed by atoms with E-state index in [2.05, 4.69) is 51.2 Å². The van der Waals surface area contributed by atoms with Gasteiger partial charge in [-0.25, -0.2) is 0 Å². The van der Waals surface area contributed by atoms with Gasteiger partial charge in [-0.15, -0.1) is 0 Å². The fraction of sp³-hybridized carbons (Fsp3) is 0.625. The summed E-state index contributed by atoms with van der Waals surface area (Å²) in [6.45, 7) is 10.8. The molecular weight excluding hydrogens is 220 g/mol. The van der Waals surface area contributed by atoms with E-state index in [4.69, 9.17) is 5.73 Å². The molecule has 0 amide bonds. The molecule has 1 aliphatic carbocycles. The van der Waals surface area contributed by atoms with Crippen LogP contribution in [0.5, 0.6) is 0 Å². The molecular formula is C16H26N2. The van der Waals surface area contributed by atoms with Crippen LogP contribution in [0, 0.1) is 6.92 Å². The number of nitrogens with one attached hydrogen (secondary N) is 1. The van der Waals surface area contributed by atoms with E-state index in [1.807, 2.05) is 0 Å². The number of rotatable bonds is 4. The molecule has 0 unspecified atom stereocenters. The molecule has 1 saturated carbocycles. The van der Waals surface area contributed by atoms with Crippen molar-refractivity contribution in [3.05, 3.63) is 34.9 Å². The van der Waals surface area contributed by atoms with Gasteiger partial charge in [-0.2, -0.15) is 0 Å². The molecule has 0 aromatic heterocycles. The molecule has 0 spiro atoms. The molecule has 1 aromatic carbocycles. The third-order valence-corrected chi connectivity index (χ3v) is 3.90. The molecule has 0 radical (unpaired) electrons. The number of nitrogens with two attached hydrogens (primary N) is 1. The van der Waals surface area contributed by atoms with E-state index in [0.29, 0.717) is 0 Å². The summed E-state index contributed by atoms with van der Waals surface area (Å²) < 4.78 is 0. The molecule has 1 fully saturated rings. The molecule has 2 heteroatoms. The van der Waals surface area contributed by atoms with Crippen molar-refractivity contribution in [2.75, 3.05) is 6.54 Å². The lowest BCUT2D eigenvalue weighted by Gasteiger charge is -2.21. The highest BCUT2D eigenvalue weighted by Gasteiger charge is 2.37. The maximum absolute atomic E-state index is 6.09. The van der Waals surface area contributed by atoms with Gasteiger partial charge in [0.25, 0.3) is 0 Å². The number of aryl methyl sites for hydroxylation is 1. The molecule has 3 N–H and O–H groups in total. The van der Waals surface area contributed by atoms with Crippen molar-refractivity contribution in [2.24, 2.45) is 5.73 Å². The highest BCUT2D eigenvalue weighted by atomic mass is 15.0. The first kappa shape index (κ1) is 13.6. The lowest BCUT2D eigenvalue weighted by molar-refractivity contribution is 0.564. The second-order valence-corrected chi connectivity index (χ2v) is 6.86. The quantitative estimate of drug-likeness (QED) is 0.857. The van der Waals surface area contributed by atoms with Crippen molar-refractivity contribution in [3.63, 3.8) is 0 Å². The average molecular weight is 246 g/mol. The second-order valence-electron chi connectivity index (χ2n) is 6.86. The van der Waals surface area contributed by atoms with Crippen molar-refractivity contribution in [1.29, 1.82) is 0 Å². The van der Waals surface area contributed by atoms with E-state index in [-0.39, 0.29) is 11.0 Å². The normalized spacial score (nSPS) is 17.8. The number of hydrogen-bond acceptors (Lipinski definition) is 2. The minimum absolute atomic E-state index is 0.0928. The molecule has 1 aliphatic rings. The summed E-state index contributed by atoms with van der Waals surface area (Å²) in [5.74, 6) is 0. The Bertz CT molecular complexity index is 425. The first-order valence-electron chi connectivity index (χ1n) is 6.90. The molecule has 0 saturated heterocycles. The summed E-state index contributed by atoms with van der Waals surface area (Å²) in [6.07, 6.45) is 2.34. The van der Waals surface area contributed by atoms with E-state index in [1.54, 1.807) is 0 Å². The average Bonchev–Trinajstić information content (AvgIpc) is 2.98. The van der Waals surface area contributed by atoms with Crippen LogP contribution in [0.3, 0.4) is 0 Å². The van der Waals surface area contributed by atoms with Gasteiger partial charge in [-0.3, -0.25) is 0 Å². The SMILES string of the molecule is Cc1ccc(C(C)(C)C)cc1CNCC1(N)CC1. The predicted molar refractivity (Wildman–Crippen MR) is 77.7 cm³/mol. The van der Waals surface area contributed by atoms with Gasteiger partial charge in [0.05, 0.1) is 0 Å². The highest BCUT2D eigenvalue weighted by Crippen LogP contribution is 2.31. The van der Waals surface area contributed by atoms with Crippen LogP contribution < -0.4 is 11.1 Å². The second kappa shape index (κ2) is 4.67. The molecule has 2 rings (SSSR count). The summed E-state index contributed by atoms with van der Waals surface area (Å²) in [4.78, 5) is 0. The fourth-order valence-corrected chi connectivity index (χ4v) is 2.11. The first-order chi connectivity index (χ1) is 8.30. The molecule has 2 nitrogen and oxygen atoms in total. The van der Waals surface area contributed by atoms with E-state index in [9.17, 15) is 0 Å². The molecule has 0 aliphatic heterocycles. The van der Waals surface area contributed by atoms with E-state index < -0.39 is 0 Å². The van der Waals surface area contributed by atoms with Crippen LogP contribution in [-0.2, 0) is 12.0 Å². The van der Waals surface area contributed by atoms with Crippen molar-refractivity contribution < 1.29 is 0 Å². The van der Waals surface area contributed by atoms with Gasteiger partial charge < -0.3 is 11.1 Å². The van der Waals surface area contributed by atoms with E-state index in [1.165, 1.54) is 29.5 Å². The van der Waals surface area contributed by atoms with Crippen LogP contribution in [-0.4, -0.2) is 12.1 Å². The van der Waals surface area contributed by atoms with Crippen LogP contribution in [0.2, 0.25) is 0 Å². The Balaban J connectivity index is 2.02. The Morgan fingerprint density at radius 3 is 2.50 bits per heavy atom. The van der Waals surface area contributed by atoms with Crippen LogP contribution >= 0.6 is 0 Å². The van der Waals surface area contributed by atoms with Gasteiger partial charge in [-0.05, 0) is 41.9 Å². The lowest BCUT2D eigenvalue weighted by Crippen LogP contribution is -2.35. The zero-order valence-electron chi connectivity index (χ0n) is 12.1. The number of benzene rings is 1. The minimum Gasteiger partial charge on any atom is -0.324 e. The summed E-state index contributed by atoms with van der Waals surface area (Å²) >= 11 is 0. The van der Waals surface area contributed by atoms with Gasteiger partial charge in [0.1, 0.15) is 0 Å². The summed E-state index contributed by atoms with van der Waals surface area (Å²) in [5.41, 5.74) is 10.5. The van der Waals surface area contributed by atoms with Gasteiger partial charge >= 0.3 is 0 Å².